The third-order valence-corrected chi connectivity index (χ3v) is 7.48. The first-order valence-electron chi connectivity index (χ1n) is 10.2. The molecule has 1 aliphatic carbocycles. The summed E-state index contributed by atoms with van der Waals surface area (Å²) >= 11 is 1.93. The van der Waals surface area contributed by atoms with Crippen molar-refractivity contribution in [2.45, 2.75) is 38.6 Å². The van der Waals surface area contributed by atoms with Gasteiger partial charge in [0.15, 0.2) is 0 Å². The van der Waals surface area contributed by atoms with Gasteiger partial charge in [-0.25, -0.2) is 0 Å². The van der Waals surface area contributed by atoms with Gasteiger partial charge in [-0.15, -0.1) is 0 Å². The fraction of sp³-hybridized carbons (Fsp3) is 0.700. The highest BCUT2D eigenvalue weighted by molar-refractivity contribution is 7.99. The van der Waals surface area contributed by atoms with Crippen LogP contribution in [0.25, 0.3) is 0 Å². The van der Waals surface area contributed by atoms with Crippen molar-refractivity contribution in [1.29, 1.82) is 0 Å². The summed E-state index contributed by atoms with van der Waals surface area (Å²) in [6.45, 7) is 1.84. The van der Waals surface area contributed by atoms with Crippen molar-refractivity contribution in [1.82, 2.24) is 16.0 Å². The summed E-state index contributed by atoms with van der Waals surface area (Å²) in [5.74, 6) is 1.54. The number of imide groups is 1. The molecule has 2 fully saturated rings. The molecule has 2 heterocycles. The Bertz CT molecular complexity index is 692. The van der Waals surface area contributed by atoms with E-state index in [1.54, 1.807) is 12.3 Å². The molecule has 1 saturated heterocycles. The molecule has 160 valence electrons. The van der Waals surface area contributed by atoms with E-state index in [9.17, 15) is 19.2 Å². The summed E-state index contributed by atoms with van der Waals surface area (Å²) < 4.78 is 0. The average molecular weight is 423 g/mol. The number of hydrogen-bond donors (Lipinski definition) is 4. The maximum Gasteiger partial charge on any atom is 0.243 e. The standard InChI is InChI=1S/C20H30N4O4S/c1-11(25)24-20(28)17(8-13-2-4-22-19(13)27)23-9-12-6-15(14-3-5-29-10-14)16(7-12)18(21)26/h2,4,12-17,23H,3,5-10H2,1H3,(H2,21,26)(H,22,27)(H,24,25,28)/t12?,13?,14?,15-,16-,17?/m0/s1. The monoisotopic (exact) mass is 422 g/mol. The first-order chi connectivity index (χ1) is 13.8. The molecule has 0 bridgehead atoms. The number of carbonyl (C=O) groups is 4. The van der Waals surface area contributed by atoms with E-state index in [4.69, 9.17) is 5.73 Å². The number of thioether (sulfide) groups is 1. The largest absolute Gasteiger partial charge is 0.369 e. The molecule has 0 radical (unpaired) electrons. The maximum atomic E-state index is 12.5. The lowest BCUT2D eigenvalue weighted by Gasteiger charge is -2.23. The lowest BCUT2D eigenvalue weighted by molar-refractivity contribution is -0.131. The molecule has 4 unspecified atom stereocenters. The Morgan fingerprint density at radius 1 is 1.34 bits per heavy atom. The second kappa shape index (κ2) is 9.75. The third kappa shape index (κ3) is 5.60. The number of amides is 4. The van der Waals surface area contributed by atoms with Crippen LogP contribution in [0.2, 0.25) is 0 Å². The Morgan fingerprint density at radius 2 is 2.14 bits per heavy atom. The summed E-state index contributed by atoms with van der Waals surface area (Å²) in [7, 11) is 0. The van der Waals surface area contributed by atoms with Crippen LogP contribution in [0.5, 0.6) is 0 Å². The molecule has 6 atom stereocenters. The molecular formula is C20H30N4O4S. The Hall–Kier alpha value is -1.87. The average Bonchev–Trinajstić information content (AvgIpc) is 3.38. The number of carbonyl (C=O) groups excluding carboxylic acids is 4. The zero-order valence-electron chi connectivity index (χ0n) is 16.7. The van der Waals surface area contributed by atoms with Crippen molar-refractivity contribution in [2.24, 2.45) is 35.3 Å². The first-order valence-corrected chi connectivity index (χ1v) is 11.4. The molecule has 2 aliphatic heterocycles. The van der Waals surface area contributed by atoms with Crippen molar-refractivity contribution in [3.8, 4) is 0 Å². The zero-order chi connectivity index (χ0) is 21.0. The molecule has 3 rings (SSSR count). The molecule has 0 spiro atoms. The normalized spacial score (nSPS) is 32.2. The highest BCUT2D eigenvalue weighted by Crippen LogP contribution is 2.45. The Kier molecular flexibility index (Phi) is 7.34. The van der Waals surface area contributed by atoms with Gasteiger partial charge in [0.2, 0.25) is 23.6 Å². The molecule has 0 aromatic rings. The van der Waals surface area contributed by atoms with E-state index in [2.05, 4.69) is 16.0 Å². The predicted molar refractivity (Wildman–Crippen MR) is 110 cm³/mol. The van der Waals surface area contributed by atoms with Gasteiger partial charge in [-0.1, -0.05) is 6.08 Å². The number of nitrogens with two attached hydrogens (primary N) is 1. The van der Waals surface area contributed by atoms with Gasteiger partial charge in [0.05, 0.1) is 12.0 Å². The van der Waals surface area contributed by atoms with Gasteiger partial charge in [-0.05, 0) is 61.5 Å². The van der Waals surface area contributed by atoms with Gasteiger partial charge in [0, 0.05) is 19.0 Å². The summed E-state index contributed by atoms with van der Waals surface area (Å²) in [4.78, 5) is 47.7. The van der Waals surface area contributed by atoms with Gasteiger partial charge < -0.3 is 16.4 Å². The molecule has 3 aliphatic rings. The highest BCUT2D eigenvalue weighted by Gasteiger charge is 2.42. The minimum atomic E-state index is -0.662. The van der Waals surface area contributed by atoms with Crippen molar-refractivity contribution in [3.05, 3.63) is 12.3 Å². The van der Waals surface area contributed by atoms with E-state index in [-0.39, 0.29) is 30.1 Å². The predicted octanol–water partition coefficient (Wildman–Crippen LogP) is 0.138. The van der Waals surface area contributed by atoms with Crippen LogP contribution in [0.1, 0.15) is 32.6 Å². The van der Waals surface area contributed by atoms with Crippen molar-refractivity contribution in [3.63, 3.8) is 0 Å². The second-order valence-electron chi connectivity index (χ2n) is 8.35. The molecule has 0 aromatic carbocycles. The van der Waals surface area contributed by atoms with E-state index >= 15 is 0 Å². The Labute approximate surface area is 175 Å². The van der Waals surface area contributed by atoms with Crippen LogP contribution in [0.3, 0.4) is 0 Å². The van der Waals surface area contributed by atoms with Crippen LogP contribution in [0.4, 0.5) is 0 Å². The maximum absolute atomic E-state index is 12.5. The van der Waals surface area contributed by atoms with E-state index in [0.717, 1.165) is 30.8 Å². The van der Waals surface area contributed by atoms with Crippen LogP contribution in [-0.4, -0.2) is 47.7 Å². The van der Waals surface area contributed by atoms with Crippen LogP contribution in [0.15, 0.2) is 12.3 Å². The second-order valence-corrected chi connectivity index (χ2v) is 9.50. The van der Waals surface area contributed by atoms with Crippen molar-refractivity contribution < 1.29 is 19.2 Å². The lowest BCUT2D eigenvalue weighted by Crippen LogP contribution is -2.48. The summed E-state index contributed by atoms with van der Waals surface area (Å²) in [5.41, 5.74) is 5.68. The molecule has 29 heavy (non-hydrogen) atoms. The third-order valence-electron chi connectivity index (χ3n) is 6.29. The van der Waals surface area contributed by atoms with E-state index < -0.39 is 23.8 Å². The first kappa shape index (κ1) is 21.8. The Balaban J connectivity index is 1.60. The van der Waals surface area contributed by atoms with Gasteiger partial charge in [-0.3, -0.25) is 24.5 Å². The minimum Gasteiger partial charge on any atom is -0.369 e. The van der Waals surface area contributed by atoms with Crippen LogP contribution < -0.4 is 21.7 Å². The number of hydrogen-bond acceptors (Lipinski definition) is 6. The van der Waals surface area contributed by atoms with E-state index in [1.807, 2.05) is 11.8 Å². The summed E-state index contributed by atoms with van der Waals surface area (Å²) in [6.07, 6.45) is 6.34. The molecule has 0 aromatic heterocycles. The number of primary amides is 1. The fourth-order valence-electron chi connectivity index (χ4n) is 4.82. The summed E-state index contributed by atoms with van der Waals surface area (Å²) in [6, 6.07) is -0.662. The summed E-state index contributed by atoms with van der Waals surface area (Å²) in [5, 5.41) is 8.17. The molecule has 5 N–H and O–H groups in total. The smallest absolute Gasteiger partial charge is 0.243 e. The molecule has 1 saturated carbocycles. The van der Waals surface area contributed by atoms with Gasteiger partial charge in [0.1, 0.15) is 0 Å². The lowest BCUT2D eigenvalue weighted by atomic mass is 9.83. The van der Waals surface area contributed by atoms with Crippen molar-refractivity contribution in [2.75, 3.05) is 18.1 Å². The molecule has 4 amide bonds. The topological polar surface area (TPSA) is 130 Å². The number of nitrogens with one attached hydrogen (secondary N) is 3. The number of rotatable bonds is 8. The molecule has 8 nitrogen and oxygen atoms in total. The van der Waals surface area contributed by atoms with E-state index in [0.29, 0.717) is 18.4 Å². The van der Waals surface area contributed by atoms with Crippen LogP contribution in [0, 0.1) is 29.6 Å². The van der Waals surface area contributed by atoms with Crippen molar-refractivity contribution >= 4 is 35.4 Å². The van der Waals surface area contributed by atoms with Gasteiger partial charge >= 0.3 is 0 Å². The quantitative estimate of drug-likeness (QED) is 0.440. The molecule has 9 heteroatoms. The zero-order valence-corrected chi connectivity index (χ0v) is 17.5. The SMILES string of the molecule is CC(=O)NC(=O)C(CC1C=CNC1=O)NCC1C[C@H](C(N)=O)[C@H](C2CCSC2)C1. The fourth-order valence-corrected chi connectivity index (χ4v) is 6.17. The minimum absolute atomic E-state index is 0.112. The van der Waals surface area contributed by atoms with Crippen LogP contribution in [-0.2, 0) is 19.2 Å². The van der Waals surface area contributed by atoms with Gasteiger partial charge in [-0.2, -0.15) is 11.8 Å². The highest BCUT2D eigenvalue weighted by atomic mass is 32.2. The Morgan fingerprint density at radius 3 is 2.72 bits per heavy atom. The van der Waals surface area contributed by atoms with E-state index in [1.165, 1.54) is 6.92 Å². The van der Waals surface area contributed by atoms with Crippen LogP contribution >= 0.6 is 11.8 Å². The van der Waals surface area contributed by atoms with Gasteiger partial charge in [0.25, 0.3) is 0 Å². The molecular weight excluding hydrogens is 392 g/mol.